The Morgan fingerprint density at radius 2 is 2.21 bits per heavy atom. The molecule has 1 aliphatic rings. The van der Waals surface area contributed by atoms with E-state index >= 15 is 0 Å². The first-order chi connectivity index (χ1) is 13.5. The summed E-state index contributed by atoms with van der Waals surface area (Å²) in [5.74, 6) is 0.896. The molecule has 0 spiro atoms. The number of rotatable bonds is 8. The number of aromatic nitrogens is 3. The number of nitrogens with zero attached hydrogens (tertiary/aromatic N) is 2. The summed E-state index contributed by atoms with van der Waals surface area (Å²) in [6, 6.07) is 5.15. The van der Waals surface area contributed by atoms with Gasteiger partial charge in [-0.3, -0.25) is 9.36 Å². The molecule has 0 aliphatic carbocycles. The van der Waals surface area contributed by atoms with Gasteiger partial charge in [-0.2, -0.15) is 0 Å². The maximum absolute atomic E-state index is 12.6. The molecule has 1 fully saturated rings. The van der Waals surface area contributed by atoms with Gasteiger partial charge in [0.2, 0.25) is 5.91 Å². The van der Waals surface area contributed by atoms with E-state index in [2.05, 4.69) is 15.5 Å². The second-order valence-corrected chi connectivity index (χ2v) is 7.68. The highest BCUT2D eigenvalue weighted by Gasteiger charge is 2.23. The van der Waals surface area contributed by atoms with Crippen LogP contribution in [0.3, 0.4) is 0 Å². The third-order valence-corrected chi connectivity index (χ3v) is 5.53. The third kappa shape index (κ3) is 4.68. The quantitative estimate of drug-likeness (QED) is 0.642. The number of anilines is 1. The maximum atomic E-state index is 12.6. The van der Waals surface area contributed by atoms with Crippen LogP contribution in [0.25, 0.3) is 0 Å². The van der Waals surface area contributed by atoms with E-state index in [4.69, 9.17) is 14.2 Å². The Bertz CT molecular complexity index is 875. The Hall–Kier alpha value is -2.46. The van der Waals surface area contributed by atoms with E-state index in [1.165, 1.54) is 23.4 Å². The summed E-state index contributed by atoms with van der Waals surface area (Å²) in [5, 5.41) is 9.35. The first-order valence-corrected chi connectivity index (χ1v) is 9.86. The molecule has 1 amide bonds. The lowest BCUT2D eigenvalue weighted by Gasteiger charge is -2.15. The monoisotopic (exact) mass is 408 g/mol. The fraction of sp³-hybridized carbons (Fsp3) is 0.500. The summed E-state index contributed by atoms with van der Waals surface area (Å²) in [6.07, 6.45) is 1.91. The number of carbonyl (C=O) groups is 1. The van der Waals surface area contributed by atoms with Crippen LogP contribution in [0.15, 0.2) is 28.2 Å². The Balaban J connectivity index is 1.65. The van der Waals surface area contributed by atoms with Gasteiger partial charge in [0.15, 0.2) is 16.7 Å². The maximum Gasteiger partial charge on any atom is 0.344 e. The molecule has 152 valence electrons. The summed E-state index contributed by atoms with van der Waals surface area (Å²) in [5.41, 5.74) is 0.291. The zero-order valence-electron chi connectivity index (χ0n) is 16.1. The van der Waals surface area contributed by atoms with Crippen LogP contribution in [0, 0.1) is 0 Å². The van der Waals surface area contributed by atoms with Gasteiger partial charge in [-0.1, -0.05) is 11.8 Å². The first-order valence-electron chi connectivity index (χ1n) is 8.98. The van der Waals surface area contributed by atoms with Gasteiger partial charge in [-0.25, -0.2) is 9.89 Å². The molecule has 1 saturated heterocycles. The molecule has 10 heteroatoms. The number of nitrogens with one attached hydrogen (secondary N) is 2. The summed E-state index contributed by atoms with van der Waals surface area (Å²) in [4.78, 5) is 24.6. The van der Waals surface area contributed by atoms with Crippen molar-refractivity contribution >= 4 is 23.4 Å². The minimum atomic E-state index is -0.466. The van der Waals surface area contributed by atoms with Crippen LogP contribution >= 0.6 is 11.8 Å². The van der Waals surface area contributed by atoms with Gasteiger partial charge in [-0.15, -0.1) is 5.10 Å². The molecule has 3 rings (SSSR count). The van der Waals surface area contributed by atoms with Crippen molar-refractivity contribution in [3.05, 3.63) is 28.7 Å². The van der Waals surface area contributed by atoms with Crippen molar-refractivity contribution in [2.45, 2.75) is 42.8 Å². The van der Waals surface area contributed by atoms with E-state index in [0.717, 1.165) is 12.8 Å². The van der Waals surface area contributed by atoms with Crippen molar-refractivity contribution in [3.63, 3.8) is 0 Å². The largest absolute Gasteiger partial charge is 0.493 e. The van der Waals surface area contributed by atoms with E-state index in [-0.39, 0.29) is 17.7 Å². The number of aromatic amines is 1. The van der Waals surface area contributed by atoms with Gasteiger partial charge in [-0.05, 0) is 31.9 Å². The fourth-order valence-electron chi connectivity index (χ4n) is 2.92. The van der Waals surface area contributed by atoms with Crippen LogP contribution in [0.5, 0.6) is 11.5 Å². The zero-order chi connectivity index (χ0) is 20.1. The number of benzene rings is 1. The Morgan fingerprint density at radius 1 is 1.43 bits per heavy atom. The van der Waals surface area contributed by atoms with Crippen molar-refractivity contribution in [1.29, 1.82) is 0 Å². The van der Waals surface area contributed by atoms with Crippen LogP contribution in [0.1, 0.15) is 19.8 Å². The average Bonchev–Trinajstić information content (AvgIpc) is 3.33. The highest BCUT2D eigenvalue weighted by molar-refractivity contribution is 8.00. The third-order valence-electron chi connectivity index (χ3n) is 4.44. The smallest absolute Gasteiger partial charge is 0.344 e. The Kier molecular flexibility index (Phi) is 6.63. The molecule has 0 saturated carbocycles. The van der Waals surface area contributed by atoms with Gasteiger partial charge in [0.05, 0.1) is 32.1 Å². The normalized spacial score (nSPS) is 17.3. The molecule has 28 heavy (non-hydrogen) atoms. The number of carbonyl (C=O) groups excluding carboxylic acids is 1. The van der Waals surface area contributed by atoms with Gasteiger partial charge >= 0.3 is 5.69 Å². The van der Waals surface area contributed by atoms with E-state index in [1.807, 2.05) is 0 Å². The minimum absolute atomic E-state index is 0.00514. The molecule has 1 aliphatic heterocycles. The highest BCUT2D eigenvalue weighted by Crippen LogP contribution is 2.30. The second-order valence-electron chi connectivity index (χ2n) is 6.38. The zero-order valence-corrected chi connectivity index (χ0v) is 16.9. The van der Waals surface area contributed by atoms with Crippen molar-refractivity contribution in [3.8, 4) is 11.5 Å². The van der Waals surface area contributed by atoms with E-state index in [1.54, 1.807) is 32.2 Å². The molecular weight excluding hydrogens is 384 g/mol. The van der Waals surface area contributed by atoms with E-state index < -0.39 is 5.25 Å². The number of ether oxygens (including phenoxy) is 3. The molecule has 0 unspecified atom stereocenters. The number of H-pyrrole nitrogens is 1. The van der Waals surface area contributed by atoms with Crippen LogP contribution in [-0.4, -0.2) is 52.9 Å². The lowest BCUT2D eigenvalue weighted by molar-refractivity contribution is -0.115. The number of thioether (sulfide) groups is 1. The predicted octanol–water partition coefficient (Wildman–Crippen LogP) is 1.89. The number of methoxy groups -OCH3 is 2. The van der Waals surface area contributed by atoms with Crippen molar-refractivity contribution in [2.24, 2.45) is 0 Å². The van der Waals surface area contributed by atoms with Crippen molar-refractivity contribution in [1.82, 2.24) is 14.8 Å². The molecular formula is C18H24N4O5S. The van der Waals surface area contributed by atoms with Crippen LogP contribution < -0.4 is 20.5 Å². The molecule has 1 aromatic heterocycles. The van der Waals surface area contributed by atoms with Gasteiger partial charge in [0, 0.05) is 18.4 Å². The molecule has 9 nitrogen and oxygen atoms in total. The fourth-order valence-corrected chi connectivity index (χ4v) is 3.78. The predicted molar refractivity (Wildman–Crippen MR) is 105 cm³/mol. The molecule has 2 aromatic rings. The lowest BCUT2D eigenvalue weighted by atomic mass is 10.2. The van der Waals surface area contributed by atoms with Crippen molar-refractivity contribution < 1.29 is 19.0 Å². The number of amides is 1. The standard InChI is InChI=1S/C18H24N4O5S/c1-11(16(23)19-12-6-7-14(25-2)15(9-12)26-3)28-18-21-20-17(24)22(18)10-13-5-4-8-27-13/h6-7,9,11,13H,4-5,8,10H2,1-3H3,(H,19,23)(H,20,24)/t11-,13-/m1/s1. The van der Waals surface area contributed by atoms with Crippen molar-refractivity contribution in [2.75, 3.05) is 26.1 Å². The van der Waals surface area contributed by atoms with Crippen LogP contribution in [-0.2, 0) is 16.1 Å². The van der Waals surface area contributed by atoms with Crippen LogP contribution in [0.2, 0.25) is 0 Å². The van der Waals surface area contributed by atoms with Crippen LogP contribution in [0.4, 0.5) is 5.69 Å². The Morgan fingerprint density at radius 3 is 2.89 bits per heavy atom. The molecule has 0 bridgehead atoms. The second kappa shape index (κ2) is 9.16. The summed E-state index contributed by atoms with van der Waals surface area (Å²) in [6.45, 7) is 2.90. The number of hydrogen-bond acceptors (Lipinski definition) is 7. The SMILES string of the molecule is COc1ccc(NC(=O)[C@@H](C)Sc2n[nH]c(=O)n2C[C@H]2CCCO2)cc1OC. The lowest BCUT2D eigenvalue weighted by Crippen LogP contribution is -2.26. The Labute approximate surface area is 166 Å². The summed E-state index contributed by atoms with van der Waals surface area (Å²) >= 11 is 1.22. The molecule has 1 aromatic carbocycles. The molecule has 2 N–H and O–H groups in total. The van der Waals surface area contributed by atoms with Gasteiger partial charge < -0.3 is 19.5 Å². The van der Waals surface area contributed by atoms with E-state index in [0.29, 0.717) is 35.5 Å². The van der Waals surface area contributed by atoms with Gasteiger partial charge in [0.1, 0.15) is 0 Å². The molecule has 2 heterocycles. The highest BCUT2D eigenvalue weighted by atomic mass is 32.2. The van der Waals surface area contributed by atoms with Gasteiger partial charge in [0.25, 0.3) is 0 Å². The average molecular weight is 408 g/mol. The molecule has 0 radical (unpaired) electrons. The first kappa shape index (κ1) is 20.3. The summed E-state index contributed by atoms with van der Waals surface area (Å²) < 4.78 is 17.6. The minimum Gasteiger partial charge on any atom is -0.493 e. The topological polar surface area (TPSA) is 107 Å². The number of hydrogen-bond donors (Lipinski definition) is 2. The molecule has 2 atom stereocenters. The van der Waals surface area contributed by atoms with E-state index in [9.17, 15) is 9.59 Å². The summed E-state index contributed by atoms with van der Waals surface area (Å²) in [7, 11) is 3.08.